The van der Waals surface area contributed by atoms with Gasteiger partial charge in [0.15, 0.2) is 0 Å². The Morgan fingerprint density at radius 2 is 1.85 bits per heavy atom. The summed E-state index contributed by atoms with van der Waals surface area (Å²) < 4.78 is 0. The molecule has 0 bridgehead atoms. The summed E-state index contributed by atoms with van der Waals surface area (Å²) in [7, 11) is 0. The van der Waals surface area contributed by atoms with Crippen LogP contribution in [0.25, 0.3) is 0 Å². The van der Waals surface area contributed by atoms with Gasteiger partial charge in [0.05, 0.1) is 5.25 Å². The van der Waals surface area contributed by atoms with Gasteiger partial charge in [0, 0.05) is 5.69 Å². The van der Waals surface area contributed by atoms with Gasteiger partial charge in [0.1, 0.15) is 16.7 Å². The molecule has 2 aromatic carbocycles. The molecule has 136 valence electrons. The van der Waals surface area contributed by atoms with Crippen molar-refractivity contribution in [1.29, 1.82) is 5.26 Å². The molecule has 0 aliphatic carbocycles. The minimum Gasteiger partial charge on any atom is -0.365 e. The number of nitrogens with zero attached hydrogens (tertiary/aromatic N) is 2. The Morgan fingerprint density at radius 3 is 2.44 bits per heavy atom. The summed E-state index contributed by atoms with van der Waals surface area (Å²) in [5.41, 5.74) is 8.95. The molecule has 0 saturated carbocycles. The summed E-state index contributed by atoms with van der Waals surface area (Å²) in [4.78, 5) is 26.4. The van der Waals surface area contributed by atoms with Crippen LogP contribution in [0.5, 0.6) is 0 Å². The molecule has 1 unspecified atom stereocenters. The van der Waals surface area contributed by atoms with Gasteiger partial charge in [-0.3, -0.25) is 14.5 Å². The Morgan fingerprint density at radius 1 is 1.19 bits per heavy atom. The summed E-state index contributed by atoms with van der Waals surface area (Å²) in [6, 6.07) is 17.2. The second-order valence-corrected chi connectivity index (χ2v) is 7.66. The van der Waals surface area contributed by atoms with Crippen molar-refractivity contribution in [3.05, 3.63) is 75.8 Å². The Labute approximate surface area is 162 Å². The Kier molecular flexibility index (Phi) is 5.33. The zero-order valence-corrected chi connectivity index (χ0v) is 15.9. The first kappa shape index (κ1) is 18.7. The average molecular weight is 377 g/mol. The topological polar surface area (TPSA) is 87.2 Å². The molecule has 0 radical (unpaired) electrons. The van der Waals surface area contributed by atoms with Gasteiger partial charge in [0.2, 0.25) is 5.91 Å². The van der Waals surface area contributed by atoms with Crippen LogP contribution >= 0.6 is 11.8 Å². The van der Waals surface area contributed by atoms with E-state index in [4.69, 9.17) is 5.73 Å². The second-order valence-electron chi connectivity index (χ2n) is 6.47. The number of hydrogen-bond donors (Lipinski definition) is 1. The van der Waals surface area contributed by atoms with E-state index in [0.717, 1.165) is 16.7 Å². The number of rotatable bonds is 4. The number of nitriles is 1. The first-order valence-corrected chi connectivity index (χ1v) is 9.35. The summed E-state index contributed by atoms with van der Waals surface area (Å²) >= 11 is 1.22. The van der Waals surface area contributed by atoms with E-state index in [1.807, 2.05) is 62.4 Å². The monoisotopic (exact) mass is 377 g/mol. The maximum Gasteiger partial charge on any atom is 0.262 e. The van der Waals surface area contributed by atoms with Crippen LogP contribution in [0.15, 0.2) is 59.1 Å². The molecule has 5 nitrogen and oxygen atoms in total. The van der Waals surface area contributed by atoms with E-state index in [9.17, 15) is 14.9 Å². The third-order valence-corrected chi connectivity index (χ3v) is 5.55. The zero-order valence-electron chi connectivity index (χ0n) is 15.1. The van der Waals surface area contributed by atoms with Crippen LogP contribution in [0.2, 0.25) is 0 Å². The molecule has 1 saturated heterocycles. The molecule has 1 heterocycles. The van der Waals surface area contributed by atoms with Gasteiger partial charge in [-0.05, 0) is 43.5 Å². The van der Waals surface area contributed by atoms with E-state index in [0.29, 0.717) is 17.1 Å². The lowest BCUT2D eigenvalue weighted by Gasteiger charge is -2.18. The molecule has 1 fully saturated rings. The van der Waals surface area contributed by atoms with Gasteiger partial charge in [-0.2, -0.15) is 5.26 Å². The van der Waals surface area contributed by atoms with Crippen molar-refractivity contribution in [2.24, 2.45) is 5.73 Å². The van der Waals surface area contributed by atoms with Gasteiger partial charge in [0.25, 0.3) is 5.91 Å². The number of thioether (sulfide) groups is 1. The Hall–Kier alpha value is -3.04. The Balaban J connectivity index is 2.05. The van der Waals surface area contributed by atoms with E-state index in [-0.39, 0.29) is 11.5 Å². The van der Waals surface area contributed by atoms with Gasteiger partial charge >= 0.3 is 0 Å². The van der Waals surface area contributed by atoms with E-state index in [1.165, 1.54) is 16.7 Å². The summed E-state index contributed by atoms with van der Waals surface area (Å²) in [6.45, 7) is 3.92. The number of hydrogen-bond acceptors (Lipinski definition) is 4. The first-order valence-electron chi connectivity index (χ1n) is 8.47. The molecule has 2 aromatic rings. The molecular formula is C21H19N3O2S. The van der Waals surface area contributed by atoms with Crippen molar-refractivity contribution in [2.45, 2.75) is 25.5 Å². The van der Waals surface area contributed by atoms with E-state index >= 15 is 0 Å². The number of carbonyl (C=O) groups is 2. The van der Waals surface area contributed by atoms with E-state index in [1.54, 1.807) is 6.07 Å². The summed E-state index contributed by atoms with van der Waals surface area (Å²) in [5.74, 6) is -0.988. The SMILES string of the molecule is Cc1cccc(CC2SC(=C(C#N)C(N)=O)N(c3cccc(C)c3)C2=O)c1. The van der Waals surface area contributed by atoms with Gasteiger partial charge in [-0.15, -0.1) is 0 Å². The molecule has 1 aliphatic heterocycles. The molecule has 27 heavy (non-hydrogen) atoms. The number of nitrogens with two attached hydrogens (primary N) is 1. The number of primary amides is 1. The highest BCUT2D eigenvalue weighted by Gasteiger charge is 2.40. The molecule has 1 aliphatic rings. The molecule has 6 heteroatoms. The molecule has 3 rings (SSSR count). The minimum absolute atomic E-state index is 0.156. The lowest BCUT2D eigenvalue weighted by molar-refractivity contribution is -0.117. The lowest BCUT2D eigenvalue weighted by Crippen LogP contribution is -2.31. The minimum atomic E-state index is -0.832. The Bertz CT molecular complexity index is 991. The van der Waals surface area contributed by atoms with Crippen LogP contribution in [-0.2, 0) is 16.0 Å². The second kappa shape index (κ2) is 7.68. The standard InChI is InChI=1S/C21H19N3O2S/c1-13-5-3-7-15(9-13)11-18-20(26)24(16-8-4-6-14(2)10-16)21(27-18)17(12-22)19(23)25/h3-10,18H,11H2,1-2H3,(H2,23,25). The third kappa shape index (κ3) is 3.88. The van der Waals surface area contributed by atoms with Crippen molar-refractivity contribution < 1.29 is 9.59 Å². The third-order valence-electron chi connectivity index (χ3n) is 4.29. The normalized spacial score (nSPS) is 18.3. The first-order chi connectivity index (χ1) is 12.9. The van der Waals surface area contributed by atoms with Crippen molar-refractivity contribution in [1.82, 2.24) is 0 Å². The smallest absolute Gasteiger partial charge is 0.262 e. The summed E-state index contributed by atoms with van der Waals surface area (Å²) in [5, 5.41) is 9.29. The molecule has 2 amide bonds. The van der Waals surface area contributed by atoms with Crippen LogP contribution in [0.1, 0.15) is 16.7 Å². The van der Waals surface area contributed by atoms with Crippen LogP contribution in [0.4, 0.5) is 5.69 Å². The van der Waals surface area contributed by atoms with Gasteiger partial charge in [-0.1, -0.05) is 53.7 Å². The predicted octanol–water partition coefficient (Wildman–Crippen LogP) is 3.22. The average Bonchev–Trinajstić information content (AvgIpc) is 2.91. The van der Waals surface area contributed by atoms with E-state index in [2.05, 4.69) is 0 Å². The number of benzene rings is 2. The molecule has 0 spiro atoms. The van der Waals surface area contributed by atoms with E-state index < -0.39 is 11.2 Å². The number of aryl methyl sites for hydroxylation is 2. The highest BCUT2D eigenvalue weighted by molar-refractivity contribution is 8.05. The maximum atomic E-state index is 13.2. The number of carbonyl (C=O) groups excluding carboxylic acids is 2. The number of amides is 2. The van der Waals surface area contributed by atoms with Crippen LogP contribution in [0.3, 0.4) is 0 Å². The van der Waals surface area contributed by atoms with Crippen LogP contribution < -0.4 is 10.6 Å². The number of anilines is 1. The quantitative estimate of drug-likeness (QED) is 0.655. The molecule has 0 aromatic heterocycles. The highest BCUT2D eigenvalue weighted by atomic mass is 32.2. The molecular weight excluding hydrogens is 358 g/mol. The maximum absolute atomic E-state index is 13.2. The summed E-state index contributed by atoms with van der Waals surface area (Å²) in [6.07, 6.45) is 0.508. The van der Waals surface area contributed by atoms with Gasteiger partial charge in [-0.25, -0.2) is 0 Å². The van der Waals surface area contributed by atoms with Crippen molar-refractivity contribution in [3.8, 4) is 6.07 Å². The lowest BCUT2D eigenvalue weighted by atomic mass is 10.1. The van der Waals surface area contributed by atoms with Gasteiger partial charge < -0.3 is 5.73 Å². The van der Waals surface area contributed by atoms with Crippen LogP contribution in [-0.4, -0.2) is 17.1 Å². The van der Waals surface area contributed by atoms with Crippen LogP contribution in [0, 0.1) is 25.2 Å². The largest absolute Gasteiger partial charge is 0.365 e. The fourth-order valence-electron chi connectivity index (χ4n) is 3.05. The predicted molar refractivity (Wildman–Crippen MR) is 107 cm³/mol. The molecule has 1 atom stereocenters. The molecule has 2 N–H and O–H groups in total. The van der Waals surface area contributed by atoms with Crippen molar-refractivity contribution in [2.75, 3.05) is 4.90 Å². The fourth-order valence-corrected chi connectivity index (χ4v) is 4.37. The zero-order chi connectivity index (χ0) is 19.6. The fraction of sp³-hybridized carbons (Fsp3) is 0.190. The van der Waals surface area contributed by atoms with Crippen molar-refractivity contribution >= 4 is 29.3 Å². The highest BCUT2D eigenvalue weighted by Crippen LogP contribution is 2.42. The van der Waals surface area contributed by atoms with Crippen molar-refractivity contribution in [3.63, 3.8) is 0 Å².